The fraction of sp³-hybridized carbons (Fsp3) is 0.120. The summed E-state index contributed by atoms with van der Waals surface area (Å²) in [6.07, 6.45) is 4.84. The van der Waals surface area contributed by atoms with Crippen LogP contribution in [0.15, 0.2) is 64.6 Å². The zero-order valence-corrected chi connectivity index (χ0v) is 18.2. The number of amides is 2. The Kier molecular flexibility index (Phi) is 5.58. The number of nitrogens with zero attached hydrogens (tertiary/aromatic N) is 1. The van der Waals surface area contributed by atoms with Gasteiger partial charge in [-0.25, -0.2) is 9.78 Å². The van der Waals surface area contributed by atoms with Crippen LogP contribution >= 0.6 is 11.3 Å². The molecule has 164 valence electrons. The summed E-state index contributed by atoms with van der Waals surface area (Å²) in [5.74, 6) is -2.06. The number of thiophene rings is 1. The number of ether oxygens (including phenoxy) is 1. The molecule has 8 heteroatoms. The van der Waals surface area contributed by atoms with E-state index in [1.807, 2.05) is 41.8 Å². The van der Waals surface area contributed by atoms with Crippen molar-refractivity contribution in [3.63, 3.8) is 0 Å². The number of pyridine rings is 1. The summed E-state index contributed by atoms with van der Waals surface area (Å²) in [6.45, 7) is -0.589. The van der Waals surface area contributed by atoms with E-state index >= 15 is 0 Å². The molecular weight excluding hydrogens is 440 g/mol. The minimum absolute atomic E-state index is 0.00215. The molecule has 1 aliphatic rings. The highest BCUT2D eigenvalue weighted by molar-refractivity contribution is 7.10. The van der Waals surface area contributed by atoms with E-state index in [1.165, 1.54) is 18.4 Å². The molecule has 0 saturated heterocycles. The third kappa shape index (κ3) is 4.20. The number of imide groups is 1. The fourth-order valence-electron chi connectivity index (χ4n) is 3.89. The molecule has 0 aliphatic heterocycles. The van der Waals surface area contributed by atoms with Gasteiger partial charge in [-0.15, -0.1) is 11.3 Å². The average molecular weight is 458 g/mol. The summed E-state index contributed by atoms with van der Waals surface area (Å²) in [5.41, 5.74) is 3.75. The Hall–Kier alpha value is -4.04. The van der Waals surface area contributed by atoms with E-state index in [1.54, 1.807) is 11.3 Å². The van der Waals surface area contributed by atoms with Gasteiger partial charge in [-0.3, -0.25) is 14.9 Å². The summed E-state index contributed by atoms with van der Waals surface area (Å²) >= 11 is 1.64. The molecule has 0 spiro atoms. The molecule has 5 rings (SSSR count). The first-order valence-corrected chi connectivity index (χ1v) is 11.2. The summed E-state index contributed by atoms with van der Waals surface area (Å²) in [6, 6.07) is 14.4. The number of rotatable bonds is 5. The van der Waals surface area contributed by atoms with Crippen molar-refractivity contribution in [1.29, 1.82) is 0 Å². The molecule has 1 aliphatic carbocycles. The number of aromatic nitrogens is 1. The number of allylic oxidation sites excluding steroid dienone is 1. The number of hydrogen-bond donors (Lipinski definition) is 1. The maximum atomic E-state index is 13.1. The highest BCUT2D eigenvalue weighted by Gasteiger charge is 2.28. The largest absolute Gasteiger partial charge is 0.459 e. The Bertz CT molecular complexity index is 1390. The van der Waals surface area contributed by atoms with Gasteiger partial charge in [0.2, 0.25) is 0 Å². The van der Waals surface area contributed by atoms with Gasteiger partial charge in [0.05, 0.1) is 23.0 Å². The van der Waals surface area contributed by atoms with Crippen LogP contribution in [0.1, 0.15) is 43.5 Å². The first kappa shape index (κ1) is 20.8. The molecule has 3 heterocycles. The van der Waals surface area contributed by atoms with E-state index in [0.717, 1.165) is 28.1 Å². The molecule has 4 aromatic rings. The monoisotopic (exact) mass is 458 g/mol. The summed E-state index contributed by atoms with van der Waals surface area (Å²) < 4.78 is 10.3. The number of carbonyl (C=O) groups is 3. The molecule has 7 nitrogen and oxygen atoms in total. The number of fused-ring (bicyclic) bond motifs is 2. The normalized spacial score (nSPS) is 13.8. The van der Waals surface area contributed by atoms with Crippen molar-refractivity contribution in [2.45, 2.75) is 12.8 Å². The summed E-state index contributed by atoms with van der Waals surface area (Å²) in [7, 11) is 0. The molecule has 33 heavy (non-hydrogen) atoms. The molecule has 2 amide bonds. The van der Waals surface area contributed by atoms with Crippen molar-refractivity contribution in [2.75, 3.05) is 6.61 Å². The Balaban J connectivity index is 1.41. The third-order valence-corrected chi connectivity index (χ3v) is 6.16. The van der Waals surface area contributed by atoms with Gasteiger partial charge in [0.15, 0.2) is 12.4 Å². The molecule has 1 N–H and O–H groups in total. The van der Waals surface area contributed by atoms with Crippen LogP contribution in [0.3, 0.4) is 0 Å². The van der Waals surface area contributed by atoms with Crippen molar-refractivity contribution in [3.05, 3.63) is 87.6 Å². The predicted molar refractivity (Wildman–Crippen MR) is 124 cm³/mol. The zero-order valence-electron chi connectivity index (χ0n) is 17.4. The van der Waals surface area contributed by atoms with E-state index < -0.39 is 24.4 Å². The topological polar surface area (TPSA) is 98.5 Å². The van der Waals surface area contributed by atoms with Crippen LogP contribution < -0.4 is 5.32 Å². The first-order chi connectivity index (χ1) is 16.1. The second kappa shape index (κ2) is 8.84. The minimum atomic E-state index is -0.738. The van der Waals surface area contributed by atoms with Crippen LogP contribution in [0.2, 0.25) is 0 Å². The number of furan rings is 1. The van der Waals surface area contributed by atoms with E-state index in [2.05, 4.69) is 11.4 Å². The van der Waals surface area contributed by atoms with Crippen LogP contribution in [0.25, 0.3) is 22.6 Å². The van der Waals surface area contributed by atoms with Gasteiger partial charge in [-0.1, -0.05) is 24.3 Å². The van der Waals surface area contributed by atoms with Crippen LogP contribution in [0.5, 0.6) is 0 Å². The number of nitrogens with one attached hydrogen (secondary N) is 1. The second-order valence-corrected chi connectivity index (χ2v) is 8.43. The highest BCUT2D eigenvalue weighted by atomic mass is 32.1. The standard InChI is InChI=1S/C25H18N2O5S/c28-21(27-24(29)20-8-3-11-31-20)14-32-25(30)22-17-6-1-2-7-19(17)26-23-15(9-10-18(22)23)13-16-5-4-12-33-16/h1-8,11-13H,9-10,14H2,(H,27,28,29)/b15-13+. The Labute approximate surface area is 192 Å². The molecule has 0 bridgehead atoms. The lowest BCUT2D eigenvalue weighted by atomic mass is 10.0. The van der Waals surface area contributed by atoms with Crippen LogP contribution in [0.4, 0.5) is 0 Å². The average Bonchev–Trinajstić information content (AvgIpc) is 3.59. The maximum Gasteiger partial charge on any atom is 0.339 e. The predicted octanol–water partition coefficient (Wildman–Crippen LogP) is 4.49. The van der Waals surface area contributed by atoms with Crippen molar-refractivity contribution in [2.24, 2.45) is 0 Å². The zero-order chi connectivity index (χ0) is 22.8. The maximum absolute atomic E-state index is 13.1. The van der Waals surface area contributed by atoms with Crippen LogP contribution in [-0.4, -0.2) is 29.4 Å². The van der Waals surface area contributed by atoms with Crippen molar-refractivity contribution in [1.82, 2.24) is 10.3 Å². The molecule has 0 fully saturated rings. The first-order valence-electron chi connectivity index (χ1n) is 10.3. The van der Waals surface area contributed by atoms with Crippen molar-refractivity contribution >= 4 is 51.7 Å². The van der Waals surface area contributed by atoms with Gasteiger partial charge in [0.1, 0.15) is 0 Å². The third-order valence-electron chi connectivity index (χ3n) is 5.34. The van der Waals surface area contributed by atoms with Gasteiger partial charge >= 0.3 is 5.97 Å². The van der Waals surface area contributed by atoms with E-state index in [4.69, 9.17) is 14.1 Å². The minimum Gasteiger partial charge on any atom is -0.459 e. The van der Waals surface area contributed by atoms with Gasteiger partial charge in [0.25, 0.3) is 11.8 Å². The quantitative estimate of drug-likeness (QED) is 0.443. The van der Waals surface area contributed by atoms with Gasteiger partial charge in [-0.05, 0) is 59.7 Å². The van der Waals surface area contributed by atoms with Gasteiger partial charge in [-0.2, -0.15) is 0 Å². The number of benzene rings is 1. The van der Waals surface area contributed by atoms with E-state index in [9.17, 15) is 14.4 Å². The molecular formula is C25H18N2O5S. The molecule has 1 aromatic carbocycles. The lowest BCUT2D eigenvalue weighted by Gasteiger charge is -2.12. The Morgan fingerprint density at radius 2 is 1.97 bits per heavy atom. The highest BCUT2D eigenvalue weighted by Crippen LogP contribution is 2.38. The van der Waals surface area contributed by atoms with Crippen LogP contribution in [0, 0.1) is 0 Å². The smallest absolute Gasteiger partial charge is 0.339 e. The Morgan fingerprint density at radius 3 is 2.76 bits per heavy atom. The van der Waals surface area contributed by atoms with Crippen molar-refractivity contribution < 1.29 is 23.5 Å². The lowest BCUT2D eigenvalue weighted by molar-refractivity contribution is -0.123. The molecule has 0 radical (unpaired) electrons. The van der Waals surface area contributed by atoms with Crippen LogP contribution in [-0.2, 0) is 16.0 Å². The summed E-state index contributed by atoms with van der Waals surface area (Å²) in [5, 5.41) is 4.83. The second-order valence-electron chi connectivity index (χ2n) is 7.45. The number of hydrogen-bond acceptors (Lipinski definition) is 7. The Morgan fingerprint density at radius 1 is 1.09 bits per heavy atom. The van der Waals surface area contributed by atoms with Crippen molar-refractivity contribution in [3.8, 4) is 0 Å². The molecule has 0 saturated carbocycles. The van der Waals surface area contributed by atoms with E-state index in [0.29, 0.717) is 22.9 Å². The molecule has 0 unspecified atom stereocenters. The van der Waals surface area contributed by atoms with Gasteiger partial charge in [0, 0.05) is 10.3 Å². The number of para-hydroxylation sites is 1. The molecule has 0 atom stereocenters. The number of carbonyl (C=O) groups excluding carboxylic acids is 3. The molecule has 3 aromatic heterocycles. The van der Waals surface area contributed by atoms with E-state index in [-0.39, 0.29) is 5.76 Å². The summed E-state index contributed by atoms with van der Waals surface area (Å²) in [4.78, 5) is 43.1. The SMILES string of the molecule is O=C(COC(=O)c1c2c(nc3ccccc13)/C(=C/c1cccs1)CC2)NC(=O)c1ccco1. The fourth-order valence-corrected chi connectivity index (χ4v) is 4.57. The van der Waals surface area contributed by atoms with Gasteiger partial charge < -0.3 is 9.15 Å². The lowest BCUT2D eigenvalue weighted by Crippen LogP contribution is -2.34. The number of esters is 1.